The average molecular weight is 100 g/mol. The van der Waals surface area contributed by atoms with Crippen LogP contribution in [0.15, 0.2) is 17.5 Å². The quantitative estimate of drug-likeness (QED) is 0.365. The van der Waals surface area contributed by atoms with Crippen LogP contribution in [0.5, 0.6) is 0 Å². The third kappa shape index (κ3) is 1.64. The molecule has 2 N–H and O–H groups in total. The number of rotatable bonds is 1. The van der Waals surface area contributed by atoms with E-state index in [1.54, 1.807) is 0 Å². The Morgan fingerprint density at radius 1 is 1.71 bits per heavy atom. The van der Waals surface area contributed by atoms with Gasteiger partial charge in [0.1, 0.15) is 0 Å². The number of amides is 1. The largest absolute Gasteiger partial charge is 0.395 e. The molecule has 0 fully saturated rings. The molecule has 38 valence electrons. The van der Waals surface area contributed by atoms with E-state index in [9.17, 15) is 9.70 Å². The van der Waals surface area contributed by atoms with Gasteiger partial charge in [0.05, 0.1) is 5.70 Å². The number of nitrogens with two attached hydrogens (primary N) is 1. The summed E-state index contributed by atoms with van der Waals surface area (Å²) >= 11 is 0. The van der Waals surface area contributed by atoms with E-state index in [2.05, 4.69) is 6.58 Å². The van der Waals surface area contributed by atoms with Gasteiger partial charge in [-0.25, -0.2) is 0 Å². The molecular formula is C3H4N2O2. The third-order valence-corrected chi connectivity index (χ3v) is 0.358. The molecule has 0 unspecified atom stereocenters. The first kappa shape index (κ1) is 5.81. The highest BCUT2D eigenvalue weighted by atomic mass is 16.3. The molecule has 0 bridgehead atoms. The van der Waals surface area contributed by atoms with Crippen LogP contribution >= 0.6 is 0 Å². The van der Waals surface area contributed by atoms with Gasteiger partial charge in [-0.2, -0.15) is 0 Å². The summed E-state index contributed by atoms with van der Waals surface area (Å²) in [6, 6.07) is 0. The first-order valence-corrected chi connectivity index (χ1v) is 1.50. The molecule has 0 saturated carbocycles. The molecular weight excluding hydrogens is 96.0 g/mol. The summed E-state index contributed by atoms with van der Waals surface area (Å²) in [6.07, 6.45) is 0. The van der Waals surface area contributed by atoms with Gasteiger partial charge in [0.15, 0.2) is 0 Å². The lowest BCUT2D eigenvalue weighted by Crippen LogP contribution is -2.04. The predicted molar refractivity (Wildman–Crippen MR) is 24.1 cm³/mol. The zero-order valence-electron chi connectivity index (χ0n) is 3.55. The van der Waals surface area contributed by atoms with Crippen molar-refractivity contribution in [3.63, 3.8) is 0 Å². The Morgan fingerprint density at radius 3 is 2.14 bits per heavy atom. The lowest BCUT2D eigenvalue weighted by molar-refractivity contribution is -0.114. The van der Waals surface area contributed by atoms with Crippen molar-refractivity contribution in [3.8, 4) is 0 Å². The van der Waals surface area contributed by atoms with Crippen LogP contribution in [0.4, 0.5) is 0 Å². The Hall–Kier alpha value is -1.19. The van der Waals surface area contributed by atoms with Crippen LogP contribution in [-0.4, -0.2) is 5.91 Å². The summed E-state index contributed by atoms with van der Waals surface area (Å²) in [5, 5.41) is 1.97. The molecule has 7 heavy (non-hydrogen) atoms. The summed E-state index contributed by atoms with van der Waals surface area (Å²) in [4.78, 5) is 19.0. The van der Waals surface area contributed by atoms with Crippen molar-refractivity contribution < 1.29 is 4.79 Å². The Kier molecular flexibility index (Phi) is 1.72. The molecule has 0 saturated heterocycles. The lowest BCUT2D eigenvalue weighted by atomic mass is 10.5. The molecule has 0 aliphatic rings. The van der Waals surface area contributed by atoms with Gasteiger partial charge in [0.2, 0.25) is 0 Å². The normalized spacial score (nSPS) is 7.43. The summed E-state index contributed by atoms with van der Waals surface area (Å²) in [6.45, 7) is 2.96. The monoisotopic (exact) mass is 100 g/mol. The summed E-state index contributed by atoms with van der Waals surface area (Å²) in [5.74, 6) is -1.000. The zero-order valence-corrected chi connectivity index (χ0v) is 3.55. The Morgan fingerprint density at radius 2 is 2.14 bits per heavy atom. The van der Waals surface area contributed by atoms with Gasteiger partial charge in [0.25, 0.3) is 0 Å². The number of hydrogen-bond acceptors (Lipinski definition) is 3. The standard InChI is InChI=1S/C3H4N2O2/c1-2(4)3(6)5-7/h1,4H2. The van der Waals surface area contributed by atoms with Crippen LogP contribution in [0.2, 0.25) is 0 Å². The van der Waals surface area contributed by atoms with Crippen molar-refractivity contribution in [2.75, 3.05) is 0 Å². The highest BCUT2D eigenvalue weighted by Gasteiger charge is 1.97. The lowest BCUT2D eigenvalue weighted by Gasteiger charge is -1.79. The molecule has 4 heteroatoms. The maximum atomic E-state index is 9.81. The Labute approximate surface area is 40.0 Å². The van der Waals surface area contributed by atoms with Crippen LogP contribution in [0.25, 0.3) is 0 Å². The molecule has 0 rings (SSSR count). The smallest absolute Gasteiger partial charge is 0.331 e. The van der Waals surface area contributed by atoms with Crippen molar-refractivity contribution in [2.24, 2.45) is 10.9 Å². The maximum Gasteiger partial charge on any atom is 0.331 e. The van der Waals surface area contributed by atoms with E-state index in [0.717, 1.165) is 0 Å². The number of carbonyl (C=O) groups excluding carboxylic acids is 1. The maximum absolute atomic E-state index is 9.81. The van der Waals surface area contributed by atoms with Crippen molar-refractivity contribution in [2.45, 2.75) is 0 Å². The molecule has 0 aliphatic heterocycles. The van der Waals surface area contributed by atoms with Gasteiger partial charge < -0.3 is 5.73 Å². The minimum atomic E-state index is -1.000. The molecule has 0 radical (unpaired) electrons. The van der Waals surface area contributed by atoms with E-state index in [1.807, 2.05) is 5.18 Å². The second-order valence-electron chi connectivity index (χ2n) is 0.922. The van der Waals surface area contributed by atoms with E-state index in [4.69, 9.17) is 5.73 Å². The first-order chi connectivity index (χ1) is 3.18. The third-order valence-electron chi connectivity index (χ3n) is 0.358. The summed E-state index contributed by atoms with van der Waals surface area (Å²) < 4.78 is 0. The van der Waals surface area contributed by atoms with Gasteiger partial charge in [-0.3, -0.25) is 4.79 Å². The van der Waals surface area contributed by atoms with Gasteiger partial charge in [-0.15, -0.1) is 4.91 Å². The first-order valence-electron chi connectivity index (χ1n) is 1.50. The molecule has 0 spiro atoms. The highest BCUT2D eigenvalue weighted by Crippen LogP contribution is 1.78. The van der Waals surface area contributed by atoms with Crippen LogP contribution < -0.4 is 5.73 Å². The minimum absolute atomic E-state index is 0.324. The van der Waals surface area contributed by atoms with Crippen LogP contribution in [0.1, 0.15) is 0 Å². The Balaban J connectivity index is 3.81. The van der Waals surface area contributed by atoms with E-state index in [0.29, 0.717) is 0 Å². The molecule has 0 aliphatic carbocycles. The average Bonchev–Trinajstić information content (AvgIpc) is 1.65. The van der Waals surface area contributed by atoms with Crippen LogP contribution in [-0.2, 0) is 4.79 Å². The topological polar surface area (TPSA) is 72.5 Å². The fourth-order valence-electron chi connectivity index (χ4n) is 0.0586. The number of nitroso groups, excluding NO2 is 1. The van der Waals surface area contributed by atoms with Crippen LogP contribution in [0, 0.1) is 4.91 Å². The molecule has 0 aromatic rings. The van der Waals surface area contributed by atoms with Gasteiger partial charge in [0, 0.05) is 5.18 Å². The SMILES string of the molecule is C=C(N)C(=O)N=O. The van der Waals surface area contributed by atoms with Gasteiger partial charge >= 0.3 is 5.91 Å². The second-order valence-corrected chi connectivity index (χ2v) is 0.922. The van der Waals surface area contributed by atoms with Gasteiger partial charge in [-0.05, 0) is 0 Å². The van der Waals surface area contributed by atoms with Crippen molar-refractivity contribution in [1.29, 1.82) is 0 Å². The fraction of sp³-hybridized carbons (Fsp3) is 0. The van der Waals surface area contributed by atoms with Gasteiger partial charge in [-0.1, -0.05) is 6.58 Å². The molecule has 0 heterocycles. The Bertz CT molecular complexity index is 118. The zero-order chi connectivity index (χ0) is 5.86. The molecule has 4 nitrogen and oxygen atoms in total. The summed E-state index contributed by atoms with van der Waals surface area (Å²) in [5.41, 5.74) is 4.38. The second kappa shape index (κ2) is 2.07. The van der Waals surface area contributed by atoms with Crippen molar-refractivity contribution in [3.05, 3.63) is 17.2 Å². The summed E-state index contributed by atoms with van der Waals surface area (Å²) in [7, 11) is 0. The highest BCUT2D eigenvalue weighted by molar-refractivity contribution is 5.92. The molecule has 1 amide bonds. The van der Waals surface area contributed by atoms with E-state index in [-0.39, 0.29) is 5.70 Å². The van der Waals surface area contributed by atoms with Crippen molar-refractivity contribution >= 4 is 5.91 Å². The number of nitrogens with zero attached hydrogens (tertiary/aromatic N) is 1. The number of hydrogen-bond donors (Lipinski definition) is 1. The minimum Gasteiger partial charge on any atom is -0.395 e. The van der Waals surface area contributed by atoms with E-state index < -0.39 is 5.91 Å². The fourth-order valence-corrected chi connectivity index (χ4v) is 0.0586. The van der Waals surface area contributed by atoms with E-state index in [1.165, 1.54) is 0 Å². The van der Waals surface area contributed by atoms with E-state index >= 15 is 0 Å². The van der Waals surface area contributed by atoms with Crippen LogP contribution in [0.3, 0.4) is 0 Å². The number of carbonyl (C=O) groups is 1. The molecule has 0 aromatic heterocycles. The molecule has 0 aromatic carbocycles. The van der Waals surface area contributed by atoms with Crippen molar-refractivity contribution in [1.82, 2.24) is 0 Å². The molecule has 0 atom stereocenters. The predicted octanol–water partition coefficient (Wildman–Crippen LogP) is -0.248.